The topological polar surface area (TPSA) is 185 Å². The van der Waals surface area contributed by atoms with Gasteiger partial charge in [-0.3, -0.25) is 4.79 Å². The van der Waals surface area contributed by atoms with Gasteiger partial charge in [0.05, 0.1) is 6.10 Å². The molecule has 0 radical (unpaired) electrons. The fourth-order valence-electron chi connectivity index (χ4n) is 1.67. The molecule has 0 aromatic heterocycles. The van der Waals surface area contributed by atoms with Crippen molar-refractivity contribution in [2.45, 2.75) is 44.1 Å². The second-order valence-corrected chi connectivity index (χ2v) is 5.58. The third-order valence-corrected chi connectivity index (χ3v) is 3.47. The Labute approximate surface area is 146 Å². The Bertz CT molecular complexity index is 525. The van der Waals surface area contributed by atoms with Crippen LogP contribution < -0.4 is 22.5 Å². The first-order valence-corrected chi connectivity index (χ1v) is 7.83. The number of carboxylic acids is 2. The van der Waals surface area contributed by atoms with Gasteiger partial charge in [0, 0.05) is 19.5 Å². The number of β-amino-alcohol motifs (C(OH)–C–C–N with tert-alkyl or cyclic N) is 1. The van der Waals surface area contributed by atoms with Crippen LogP contribution in [0.25, 0.3) is 0 Å². The monoisotopic (exact) mass is 356 g/mol. The highest BCUT2D eigenvalue weighted by atomic mass is 16.4. The number of nitrogens with one attached hydrogen (secondary N) is 1. The van der Waals surface area contributed by atoms with E-state index in [9.17, 15) is 9.59 Å². The SMILES string of the molecule is CCC(N)(N)C(=O)O.NCc1ccccc1.O=C(O)[C@@H]1C[C@@H](O)CN1. The number of benzene rings is 1. The number of rotatable bonds is 4. The summed E-state index contributed by atoms with van der Waals surface area (Å²) in [7, 11) is 0. The molecule has 142 valence electrons. The maximum Gasteiger partial charge on any atom is 0.338 e. The van der Waals surface area contributed by atoms with Crippen molar-refractivity contribution in [3.8, 4) is 0 Å². The van der Waals surface area contributed by atoms with Crippen molar-refractivity contribution in [2.24, 2.45) is 17.2 Å². The predicted molar refractivity (Wildman–Crippen MR) is 93.4 cm³/mol. The minimum atomic E-state index is -1.54. The molecule has 9 nitrogen and oxygen atoms in total. The smallest absolute Gasteiger partial charge is 0.338 e. The maximum atomic E-state index is 10.2. The summed E-state index contributed by atoms with van der Waals surface area (Å²) in [6.45, 7) is 2.66. The van der Waals surface area contributed by atoms with E-state index in [2.05, 4.69) is 5.32 Å². The molecule has 1 fully saturated rings. The molecule has 10 N–H and O–H groups in total. The molecule has 0 unspecified atom stereocenters. The van der Waals surface area contributed by atoms with Crippen LogP contribution in [-0.2, 0) is 16.1 Å². The summed E-state index contributed by atoms with van der Waals surface area (Å²) in [6.07, 6.45) is 0.0867. The van der Waals surface area contributed by atoms with E-state index in [0.717, 1.165) is 0 Å². The lowest BCUT2D eigenvalue weighted by Crippen LogP contribution is -2.55. The third kappa shape index (κ3) is 9.75. The summed E-state index contributed by atoms with van der Waals surface area (Å²) in [5.74, 6) is -2.05. The molecule has 1 aliphatic rings. The highest BCUT2D eigenvalue weighted by Crippen LogP contribution is 2.05. The van der Waals surface area contributed by atoms with Crippen LogP contribution in [0.3, 0.4) is 0 Å². The first kappa shape index (κ1) is 23.0. The average molecular weight is 356 g/mol. The van der Waals surface area contributed by atoms with E-state index in [1.807, 2.05) is 30.3 Å². The zero-order valence-corrected chi connectivity index (χ0v) is 14.3. The summed E-state index contributed by atoms with van der Waals surface area (Å²) >= 11 is 0. The van der Waals surface area contributed by atoms with E-state index in [-0.39, 0.29) is 6.42 Å². The average Bonchev–Trinajstić information content (AvgIpc) is 3.03. The summed E-state index contributed by atoms with van der Waals surface area (Å²) in [6, 6.07) is 9.45. The summed E-state index contributed by atoms with van der Waals surface area (Å²) in [5.41, 5.74) is 15.1. The second-order valence-electron chi connectivity index (χ2n) is 5.58. The fourth-order valence-corrected chi connectivity index (χ4v) is 1.67. The van der Waals surface area contributed by atoms with Crippen molar-refractivity contribution < 1.29 is 24.9 Å². The lowest BCUT2D eigenvalue weighted by atomic mass is 10.1. The molecule has 0 amide bonds. The van der Waals surface area contributed by atoms with Crippen molar-refractivity contribution in [1.29, 1.82) is 0 Å². The van der Waals surface area contributed by atoms with E-state index >= 15 is 0 Å². The molecule has 2 rings (SSSR count). The molecule has 0 bridgehead atoms. The van der Waals surface area contributed by atoms with Crippen LogP contribution in [-0.4, -0.2) is 51.6 Å². The van der Waals surface area contributed by atoms with Crippen molar-refractivity contribution in [2.75, 3.05) is 6.54 Å². The van der Waals surface area contributed by atoms with Gasteiger partial charge in [-0.15, -0.1) is 0 Å². The third-order valence-electron chi connectivity index (χ3n) is 3.47. The van der Waals surface area contributed by atoms with Crippen LogP contribution >= 0.6 is 0 Å². The number of carbonyl (C=O) groups is 2. The van der Waals surface area contributed by atoms with Crippen molar-refractivity contribution in [3.63, 3.8) is 0 Å². The van der Waals surface area contributed by atoms with Gasteiger partial charge in [0.2, 0.25) is 0 Å². The van der Waals surface area contributed by atoms with Gasteiger partial charge < -0.3 is 37.8 Å². The van der Waals surface area contributed by atoms with Gasteiger partial charge in [-0.2, -0.15) is 0 Å². The predicted octanol–water partition coefficient (Wildman–Crippen LogP) is -0.966. The van der Waals surface area contributed by atoms with E-state index in [0.29, 0.717) is 19.5 Å². The molecule has 1 heterocycles. The Morgan fingerprint density at radius 3 is 2.00 bits per heavy atom. The minimum absolute atomic E-state index is 0.238. The van der Waals surface area contributed by atoms with E-state index in [1.54, 1.807) is 6.92 Å². The molecule has 0 saturated carbocycles. The van der Waals surface area contributed by atoms with E-state index in [4.69, 9.17) is 32.5 Å². The minimum Gasteiger partial charge on any atom is -0.480 e. The van der Waals surface area contributed by atoms with Gasteiger partial charge in [-0.25, -0.2) is 4.79 Å². The summed E-state index contributed by atoms with van der Waals surface area (Å²) in [5, 5.41) is 28.0. The zero-order chi connectivity index (χ0) is 19.5. The normalized spacial score (nSPS) is 19.1. The number of nitrogens with two attached hydrogens (primary N) is 3. The van der Waals surface area contributed by atoms with Crippen molar-refractivity contribution in [1.82, 2.24) is 5.32 Å². The summed E-state index contributed by atoms with van der Waals surface area (Å²) in [4.78, 5) is 20.2. The Balaban J connectivity index is 0.000000347. The molecular formula is C16H28N4O5. The highest BCUT2D eigenvalue weighted by molar-refractivity contribution is 5.77. The van der Waals surface area contributed by atoms with Gasteiger partial charge in [0.25, 0.3) is 0 Å². The summed E-state index contributed by atoms with van der Waals surface area (Å²) < 4.78 is 0. The Hall–Kier alpha value is -2.04. The van der Waals surface area contributed by atoms with Gasteiger partial charge >= 0.3 is 11.9 Å². The quantitative estimate of drug-likeness (QED) is 0.333. The van der Waals surface area contributed by atoms with E-state index < -0.39 is 29.7 Å². The molecule has 9 heteroatoms. The highest BCUT2D eigenvalue weighted by Gasteiger charge is 2.27. The van der Waals surface area contributed by atoms with Crippen molar-refractivity contribution >= 4 is 11.9 Å². The van der Waals surface area contributed by atoms with Gasteiger partial charge in [0.1, 0.15) is 6.04 Å². The van der Waals surface area contributed by atoms with E-state index in [1.165, 1.54) is 5.56 Å². The van der Waals surface area contributed by atoms with Crippen LogP contribution in [0.15, 0.2) is 30.3 Å². The molecular weight excluding hydrogens is 328 g/mol. The molecule has 25 heavy (non-hydrogen) atoms. The number of hydrogen-bond acceptors (Lipinski definition) is 7. The van der Waals surface area contributed by atoms with Gasteiger partial charge in [-0.1, -0.05) is 37.3 Å². The number of hydrogen-bond donors (Lipinski definition) is 7. The molecule has 0 spiro atoms. The molecule has 1 aliphatic heterocycles. The molecule has 1 aromatic rings. The number of aliphatic hydroxyl groups excluding tert-OH is 1. The van der Waals surface area contributed by atoms with Gasteiger partial charge in [-0.05, 0) is 12.0 Å². The van der Waals surface area contributed by atoms with Crippen LogP contribution in [0.1, 0.15) is 25.3 Å². The van der Waals surface area contributed by atoms with Gasteiger partial charge in [0.15, 0.2) is 5.66 Å². The number of carboxylic acid groups (broad SMARTS) is 2. The van der Waals surface area contributed by atoms with Crippen molar-refractivity contribution in [3.05, 3.63) is 35.9 Å². The fraction of sp³-hybridized carbons (Fsp3) is 0.500. The Morgan fingerprint density at radius 2 is 1.80 bits per heavy atom. The molecule has 0 aliphatic carbocycles. The van der Waals surface area contributed by atoms with Crippen LogP contribution in [0.2, 0.25) is 0 Å². The zero-order valence-electron chi connectivity index (χ0n) is 14.3. The first-order chi connectivity index (χ1) is 11.6. The number of aliphatic carboxylic acids is 2. The largest absolute Gasteiger partial charge is 0.480 e. The van der Waals surface area contributed by atoms with Crippen LogP contribution in [0.5, 0.6) is 0 Å². The maximum absolute atomic E-state index is 10.2. The lowest BCUT2D eigenvalue weighted by Gasteiger charge is -2.14. The molecule has 2 atom stereocenters. The Kier molecular flexibility index (Phi) is 10.6. The first-order valence-electron chi connectivity index (χ1n) is 7.83. The van der Waals surface area contributed by atoms with Crippen LogP contribution in [0, 0.1) is 0 Å². The molecule has 1 aromatic carbocycles. The second kappa shape index (κ2) is 11.5. The number of aliphatic hydroxyl groups is 1. The van der Waals surface area contributed by atoms with Crippen LogP contribution in [0.4, 0.5) is 0 Å². The lowest BCUT2D eigenvalue weighted by molar-refractivity contribution is -0.143. The standard InChI is InChI=1S/C7H9N.C5H9NO3.C4H10N2O2/c8-6-7-4-2-1-3-5-7;7-3-1-4(5(8)9)6-2-3;1-2-4(5,6)3(7)8/h1-5H,6,8H2;3-4,6-7H,1-2H2,(H,8,9);2,5-6H2,1H3,(H,7,8)/t;3-,4+;/m.1./s1. The molecule has 1 saturated heterocycles. The Morgan fingerprint density at radius 1 is 1.24 bits per heavy atom.